The average molecular weight is 464 g/mol. The second kappa shape index (κ2) is 9.91. The minimum atomic E-state index is -0.352. The van der Waals surface area contributed by atoms with Crippen molar-refractivity contribution in [1.82, 2.24) is 9.88 Å². The molecule has 2 heterocycles. The molecule has 6 nitrogen and oxygen atoms in total. The summed E-state index contributed by atoms with van der Waals surface area (Å²) in [6, 6.07) is 9.38. The SMILES string of the molecule is Cc1c(Cl)ccc2sc(N(CCN3CCOCC3)C(=O)COc3ccc(F)cc3)nc12. The molecule has 1 aromatic heterocycles. The van der Waals surface area contributed by atoms with Gasteiger partial charge in [-0.25, -0.2) is 9.37 Å². The van der Waals surface area contributed by atoms with E-state index < -0.39 is 0 Å². The molecule has 1 aliphatic rings. The van der Waals surface area contributed by atoms with Crippen LogP contribution in [-0.4, -0.2) is 61.8 Å². The standard InChI is InChI=1S/C22H23ClFN3O3S/c1-15-18(23)6-7-19-21(15)25-22(31-19)27(9-8-26-10-12-29-13-11-26)20(28)14-30-17-4-2-16(24)3-5-17/h2-7H,8-14H2,1H3. The number of nitrogens with zero attached hydrogens (tertiary/aromatic N) is 3. The number of benzene rings is 2. The Kier molecular flexibility index (Phi) is 7.02. The molecule has 31 heavy (non-hydrogen) atoms. The number of ether oxygens (including phenoxy) is 2. The van der Waals surface area contributed by atoms with Crippen molar-refractivity contribution in [2.75, 3.05) is 50.9 Å². The van der Waals surface area contributed by atoms with Gasteiger partial charge in [-0.2, -0.15) is 0 Å². The highest BCUT2D eigenvalue weighted by atomic mass is 35.5. The molecule has 1 aliphatic heterocycles. The zero-order valence-electron chi connectivity index (χ0n) is 17.1. The zero-order valence-corrected chi connectivity index (χ0v) is 18.7. The molecule has 0 radical (unpaired) electrons. The summed E-state index contributed by atoms with van der Waals surface area (Å²) in [5, 5.41) is 1.26. The Balaban J connectivity index is 1.53. The number of halogens is 2. The molecular formula is C22H23ClFN3O3S. The van der Waals surface area contributed by atoms with Crippen LogP contribution >= 0.6 is 22.9 Å². The van der Waals surface area contributed by atoms with Crippen LogP contribution in [-0.2, 0) is 9.53 Å². The molecule has 0 spiro atoms. The average Bonchev–Trinajstić information content (AvgIpc) is 3.21. The van der Waals surface area contributed by atoms with E-state index in [1.54, 1.807) is 4.90 Å². The minimum Gasteiger partial charge on any atom is -0.484 e. The van der Waals surface area contributed by atoms with E-state index in [-0.39, 0.29) is 18.3 Å². The third-order valence-corrected chi connectivity index (χ3v) is 6.64. The number of morpholine rings is 1. The van der Waals surface area contributed by atoms with Gasteiger partial charge in [-0.1, -0.05) is 22.9 Å². The number of amides is 1. The van der Waals surface area contributed by atoms with Gasteiger partial charge in [0.25, 0.3) is 5.91 Å². The minimum absolute atomic E-state index is 0.162. The maximum atomic E-state index is 13.1. The third kappa shape index (κ3) is 5.33. The van der Waals surface area contributed by atoms with Crippen molar-refractivity contribution >= 4 is 44.2 Å². The largest absolute Gasteiger partial charge is 0.484 e. The Morgan fingerprint density at radius 3 is 2.74 bits per heavy atom. The molecule has 1 saturated heterocycles. The van der Waals surface area contributed by atoms with Gasteiger partial charge in [0.15, 0.2) is 11.7 Å². The number of anilines is 1. The zero-order chi connectivity index (χ0) is 21.8. The number of hydrogen-bond donors (Lipinski definition) is 0. The van der Waals surface area contributed by atoms with Crippen molar-refractivity contribution in [3.05, 3.63) is 52.8 Å². The Hall–Kier alpha value is -2.26. The Morgan fingerprint density at radius 2 is 2.00 bits per heavy atom. The third-order valence-electron chi connectivity index (χ3n) is 5.19. The fourth-order valence-corrected chi connectivity index (χ4v) is 4.57. The molecule has 3 aromatic rings. The first kappa shape index (κ1) is 22.0. The Morgan fingerprint density at radius 1 is 1.26 bits per heavy atom. The maximum absolute atomic E-state index is 13.1. The number of aromatic nitrogens is 1. The Bertz CT molecular complexity index is 1050. The molecule has 1 fully saturated rings. The number of thiazole rings is 1. The summed E-state index contributed by atoms with van der Waals surface area (Å²) < 4.78 is 25.1. The van der Waals surface area contributed by atoms with Crippen LogP contribution in [0.25, 0.3) is 10.2 Å². The molecule has 0 saturated carbocycles. The number of fused-ring (bicyclic) bond motifs is 1. The lowest BCUT2D eigenvalue weighted by Gasteiger charge is -2.29. The fraction of sp³-hybridized carbons (Fsp3) is 0.364. The van der Waals surface area contributed by atoms with E-state index in [0.717, 1.165) is 28.9 Å². The fourth-order valence-electron chi connectivity index (χ4n) is 3.35. The van der Waals surface area contributed by atoms with E-state index in [9.17, 15) is 9.18 Å². The van der Waals surface area contributed by atoms with Crippen LogP contribution < -0.4 is 9.64 Å². The second-order valence-corrected chi connectivity index (χ2v) is 8.67. The highest BCUT2D eigenvalue weighted by molar-refractivity contribution is 7.22. The van der Waals surface area contributed by atoms with Gasteiger partial charge in [-0.3, -0.25) is 14.6 Å². The van der Waals surface area contributed by atoms with Crippen molar-refractivity contribution in [3.8, 4) is 5.75 Å². The number of hydrogen-bond acceptors (Lipinski definition) is 6. The molecule has 4 rings (SSSR count). The normalized spacial score (nSPS) is 14.7. The lowest BCUT2D eigenvalue weighted by Crippen LogP contribution is -2.44. The highest BCUT2D eigenvalue weighted by Crippen LogP contribution is 2.33. The van der Waals surface area contributed by atoms with Gasteiger partial charge in [0.1, 0.15) is 11.6 Å². The number of carbonyl (C=O) groups is 1. The quantitative estimate of drug-likeness (QED) is 0.527. The summed E-state index contributed by atoms with van der Waals surface area (Å²) in [6.07, 6.45) is 0. The second-order valence-electron chi connectivity index (χ2n) is 7.26. The van der Waals surface area contributed by atoms with Crippen LogP contribution in [0.4, 0.5) is 9.52 Å². The first-order valence-corrected chi connectivity index (χ1v) is 11.2. The van der Waals surface area contributed by atoms with E-state index in [1.807, 2.05) is 19.1 Å². The predicted molar refractivity (Wildman–Crippen MR) is 121 cm³/mol. The number of aryl methyl sites for hydroxylation is 1. The van der Waals surface area contributed by atoms with Crippen LogP contribution in [0.3, 0.4) is 0 Å². The lowest BCUT2D eigenvalue weighted by atomic mass is 10.2. The van der Waals surface area contributed by atoms with E-state index in [0.29, 0.717) is 42.2 Å². The summed E-state index contributed by atoms with van der Waals surface area (Å²) in [7, 11) is 0. The molecule has 2 aromatic carbocycles. The molecule has 0 N–H and O–H groups in total. The molecule has 0 aliphatic carbocycles. The smallest absolute Gasteiger partial charge is 0.266 e. The van der Waals surface area contributed by atoms with Crippen molar-refractivity contribution in [2.24, 2.45) is 0 Å². The first-order valence-electron chi connectivity index (χ1n) is 10.1. The molecule has 0 bridgehead atoms. The van der Waals surface area contributed by atoms with Gasteiger partial charge in [0.2, 0.25) is 0 Å². The molecule has 0 unspecified atom stereocenters. The van der Waals surface area contributed by atoms with Crippen LogP contribution in [0.15, 0.2) is 36.4 Å². The summed E-state index contributed by atoms with van der Waals surface area (Å²) in [6.45, 7) is 6.02. The van der Waals surface area contributed by atoms with Crippen molar-refractivity contribution < 1.29 is 18.7 Å². The molecule has 0 atom stereocenters. The van der Waals surface area contributed by atoms with E-state index in [1.165, 1.54) is 35.6 Å². The monoisotopic (exact) mass is 463 g/mol. The van der Waals surface area contributed by atoms with Crippen molar-refractivity contribution in [3.63, 3.8) is 0 Å². The number of carbonyl (C=O) groups excluding carboxylic acids is 1. The summed E-state index contributed by atoms with van der Waals surface area (Å²) in [5.74, 6) is -0.121. The van der Waals surface area contributed by atoms with E-state index >= 15 is 0 Å². The number of rotatable bonds is 7. The summed E-state index contributed by atoms with van der Waals surface area (Å²) in [4.78, 5) is 21.8. The summed E-state index contributed by atoms with van der Waals surface area (Å²) in [5.41, 5.74) is 1.70. The summed E-state index contributed by atoms with van der Waals surface area (Å²) >= 11 is 7.70. The topological polar surface area (TPSA) is 54.9 Å². The van der Waals surface area contributed by atoms with Gasteiger partial charge in [0, 0.05) is 31.2 Å². The van der Waals surface area contributed by atoms with Gasteiger partial charge in [0.05, 0.1) is 23.4 Å². The molecule has 164 valence electrons. The van der Waals surface area contributed by atoms with Gasteiger partial charge in [-0.05, 0) is 48.9 Å². The molecular weight excluding hydrogens is 441 g/mol. The van der Waals surface area contributed by atoms with Gasteiger partial charge >= 0.3 is 0 Å². The van der Waals surface area contributed by atoms with Gasteiger partial charge in [-0.15, -0.1) is 0 Å². The van der Waals surface area contributed by atoms with Crippen LogP contribution in [0.2, 0.25) is 5.02 Å². The Labute approximate surface area is 189 Å². The lowest BCUT2D eigenvalue weighted by molar-refractivity contribution is -0.120. The highest BCUT2D eigenvalue weighted by Gasteiger charge is 2.23. The van der Waals surface area contributed by atoms with Crippen LogP contribution in [0.1, 0.15) is 5.56 Å². The first-order chi connectivity index (χ1) is 15.0. The maximum Gasteiger partial charge on any atom is 0.266 e. The van der Waals surface area contributed by atoms with E-state index in [2.05, 4.69) is 4.90 Å². The molecule has 9 heteroatoms. The van der Waals surface area contributed by atoms with Crippen LogP contribution in [0, 0.1) is 12.7 Å². The van der Waals surface area contributed by atoms with Crippen molar-refractivity contribution in [1.29, 1.82) is 0 Å². The van der Waals surface area contributed by atoms with Crippen LogP contribution in [0.5, 0.6) is 5.75 Å². The predicted octanol–water partition coefficient (Wildman–Crippen LogP) is 4.14. The van der Waals surface area contributed by atoms with E-state index in [4.69, 9.17) is 26.1 Å². The molecule has 1 amide bonds. The van der Waals surface area contributed by atoms with Gasteiger partial charge < -0.3 is 9.47 Å². The van der Waals surface area contributed by atoms with Crippen molar-refractivity contribution in [2.45, 2.75) is 6.92 Å².